The second kappa shape index (κ2) is 11.2. The first kappa shape index (κ1) is 22.5. The fraction of sp³-hybridized carbons (Fsp3) is 0.348. The van der Waals surface area contributed by atoms with Crippen LogP contribution in [0.2, 0.25) is 0 Å². The third-order valence-corrected chi connectivity index (χ3v) is 4.21. The van der Waals surface area contributed by atoms with E-state index in [1.54, 1.807) is 18.2 Å². The fourth-order valence-corrected chi connectivity index (χ4v) is 2.66. The number of hydrogen-bond acceptors (Lipinski definition) is 6. The highest BCUT2D eigenvalue weighted by Crippen LogP contribution is 2.35. The molecule has 0 aromatic heterocycles. The molecule has 0 bridgehead atoms. The molecule has 6 nitrogen and oxygen atoms in total. The summed E-state index contributed by atoms with van der Waals surface area (Å²) in [6, 6.07) is 11.3. The number of ketones is 1. The van der Waals surface area contributed by atoms with E-state index in [0.29, 0.717) is 28.7 Å². The van der Waals surface area contributed by atoms with Gasteiger partial charge in [0.05, 0.1) is 7.11 Å². The summed E-state index contributed by atoms with van der Waals surface area (Å²) >= 11 is 0. The molecule has 0 radical (unpaired) electrons. The van der Waals surface area contributed by atoms with Crippen molar-refractivity contribution < 1.29 is 28.5 Å². The summed E-state index contributed by atoms with van der Waals surface area (Å²) in [4.78, 5) is 12.9. The van der Waals surface area contributed by atoms with Crippen LogP contribution in [0.15, 0.2) is 42.5 Å². The summed E-state index contributed by atoms with van der Waals surface area (Å²) in [5.74, 6) is 1.31. The first-order chi connectivity index (χ1) is 14.0. The Morgan fingerprint density at radius 2 is 1.55 bits per heavy atom. The Labute approximate surface area is 172 Å². The minimum absolute atomic E-state index is 0.0163. The molecule has 0 aliphatic heterocycles. The third-order valence-electron chi connectivity index (χ3n) is 4.21. The standard InChI is InChI=1S/C23H28O6/c1-16(2)18-9-6-17(7-10-18)8-11-20(24)23-21(27-5)12-19(28-14-25-3)13-22(23)29-15-26-4/h6-13,16H,14-15H2,1-5H3/b11-8+. The van der Waals surface area contributed by atoms with Crippen molar-refractivity contribution in [2.24, 2.45) is 0 Å². The molecule has 2 aromatic carbocycles. The van der Waals surface area contributed by atoms with Gasteiger partial charge in [-0.05, 0) is 23.1 Å². The zero-order valence-electron chi connectivity index (χ0n) is 17.6. The predicted molar refractivity (Wildman–Crippen MR) is 112 cm³/mol. The number of hydrogen-bond donors (Lipinski definition) is 0. The van der Waals surface area contributed by atoms with Crippen LogP contribution in [-0.4, -0.2) is 40.7 Å². The van der Waals surface area contributed by atoms with Gasteiger partial charge in [0.1, 0.15) is 22.8 Å². The molecule has 0 saturated heterocycles. The lowest BCUT2D eigenvalue weighted by Gasteiger charge is -2.15. The van der Waals surface area contributed by atoms with Crippen LogP contribution < -0.4 is 14.2 Å². The van der Waals surface area contributed by atoms with Gasteiger partial charge in [-0.1, -0.05) is 44.2 Å². The smallest absolute Gasteiger partial charge is 0.193 e. The Morgan fingerprint density at radius 1 is 0.931 bits per heavy atom. The first-order valence-electron chi connectivity index (χ1n) is 9.28. The second-order valence-corrected chi connectivity index (χ2v) is 6.62. The molecule has 2 rings (SSSR count). The average Bonchev–Trinajstić information content (AvgIpc) is 2.74. The van der Waals surface area contributed by atoms with Gasteiger partial charge in [-0.3, -0.25) is 4.79 Å². The minimum Gasteiger partial charge on any atom is -0.496 e. The van der Waals surface area contributed by atoms with E-state index in [0.717, 1.165) is 5.56 Å². The second-order valence-electron chi connectivity index (χ2n) is 6.62. The van der Waals surface area contributed by atoms with Gasteiger partial charge in [0, 0.05) is 26.4 Å². The largest absolute Gasteiger partial charge is 0.496 e. The van der Waals surface area contributed by atoms with Crippen molar-refractivity contribution in [1.29, 1.82) is 0 Å². The van der Waals surface area contributed by atoms with Crippen molar-refractivity contribution in [1.82, 2.24) is 0 Å². The van der Waals surface area contributed by atoms with E-state index in [2.05, 4.69) is 26.0 Å². The van der Waals surface area contributed by atoms with Gasteiger partial charge in [-0.25, -0.2) is 0 Å². The molecule has 29 heavy (non-hydrogen) atoms. The lowest BCUT2D eigenvalue weighted by Crippen LogP contribution is -2.08. The zero-order chi connectivity index (χ0) is 21.2. The number of methoxy groups -OCH3 is 3. The third kappa shape index (κ3) is 6.34. The van der Waals surface area contributed by atoms with Crippen molar-refractivity contribution in [2.45, 2.75) is 19.8 Å². The first-order valence-corrected chi connectivity index (χ1v) is 9.28. The van der Waals surface area contributed by atoms with Gasteiger partial charge < -0.3 is 23.7 Å². The molecule has 0 saturated carbocycles. The van der Waals surface area contributed by atoms with Gasteiger partial charge in [-0.2, -0.15) is 0 Å². The van der Waals surface area contributed by atoms with E-state index in [1.165, 1.54) is 33.0 Å². The predicted octanol–water partition coefficient (Wildman–Crippen LogP) is 4.68. The van der Waals surface area contributed by atoms with Crippen LogP contribution in [0.3, 0.4) is 0 Å². The molecular weight excluding hydrogens is 372 g/mol. The summed E-state index contributed by atoms with van der Waals surface area (Å²) in [6.45, 7) is 4.33. The van der Waals surface area contributed by atoms with E-state index < -0.39 is 0 Å². The number of ether oxygens (including phenoxy) is 5. The highest BCUT2D eigenvalue weighted by molar-refractivity contribution is 6.10. The molecule has 0 aliphatic rings. The topological polar surface area (TPSA) is 63.2 Å². The number of benzene rings is 2. The van der Waals surface area contributed by atoms with Crippen LogP contribution in [0.4, 0.5) is 0 Å². The molecule has 2 aromatic rings. The van der Waals surface area contributed by atoms with Crippen molar-refractivity contribution in [3.8, 4) is 17.2 Å². The minimum atomic E-state index is -0.251. The van der Waals surface area contributed by atoms with Crippen molar-refractivity contribution in [2.75, 3.05) is 34.9 Å². The summed E-state index contributed by atoms with van der Waals surface area (Å²) in [5.41, 5.74) is 2.47. The molecular formula is C23H28O6. The van der Waals surface area contributed by atoms with Crippen molar-refractivity contribution >= 4 is 11.9 Å². The Bertz CT molecular complexity index is 824. The quantitative estimate of drug-likeness (QED) is 0.310. The van der Waals surface area contributed by atoms with Crippen LogP contribution in [0.5, 0.6) is 17.2 Å². The van der Waals surface area contributed by atoms with Gasteiger partial charge in [-0.15, -0.1) is 0 Å². The summed E-state index contributed by atoms with van der Waals surface area (Å²) in [7, 11) is 4.52. The van der Waals surface area contributed by atoms with Gasteiger partial charge >= 0.3 is 0 Å². The monoisotopic (exact) mass is 400 g/mol. The van der Waals surface area contributed by atoms with Crippen molar-refractivity contribution in [3.63, 3.8) is 0 Å². The highest BCUT2D eigenvalue weighted by atomic mass is 16.7. The number of carbonyl (C=O) groups excluding carboxylic acids is 1. The van der Waals surface area contributed by atoms with Crippen molar-refractivity contribution in [3.05, 3.63) is 59.2 Å². The Balaban J connectivity index is 2.32. The molecule has 6 heteroatoms. The van der Waals surface area contributed by atoms with E-state index in [-0.39, 0.29) is 19.4 Å². The van der Waals surface area contributed by atoms with Gasteiger partial charge in [0.25, 0.3) is 0 Å². The summed E-state index contributed by atoms with van der Waals surface area (Å²) < 4.78 is 26.4. The Kier molecular flexibility index (Phi) is 8.70. The molecule has 0 atom stereocenters. The summed E-state index contributed by atoms with van der Waals surface area (Å²) in [5, 5.41) is 0. The average molecular weight is 400 g/mol. The van der Waals surface area contributed by atoms with Gasteiger partial charge in [0.15, 0.2) is 19.4 Å². The SMILES string of the molecule is COCOc1cc(OC)c(C(=O)/C=C/c2ccc(C(C)C)cc2)c(OCOC)c1. The number of rotatable bonds is 11. The van der Waals surface area contributed by atoms with Crippen LogP contribution in [-0.2, 0) is 9.47 Å². The lowest BCUT2D eigenvalue weighted by molar-refractivity contribution is 0.0453. The highest BCUT2D eigenvalue weighted by Gasteiger charge is 2.19. The van der Waals surface area contributed by atoms with Gasteiger partial charge in [0.2, 0.25) is 0 Å². The Hall–Kier alpha value is -2.83. The molecule has 0 N–H and O–H groups in total. The maximum absolute atomic E-state index is 12.9. The van der Waals surface area contributed by atoms with E-state index in [9.17, 15) is 4.79 Å². The maximum Gasteiger partial charge on any atom is 0.193 e. The zero-order valence-corrected chi connectivity index (χ0v) is 17.6. The number of allylic oxidation sites excluding steroid dienone is 1. The molecule has 0 fully saturated rings. The lowest BCUT2D eigenvalue weighted by atomic mass is 10.0. The normalized spacial score (nSPS) is 11.1. The summed E-state index contributed by atoms with van der Waals surface area (Å²) in [6.07, 6.45) is 3.26. The maximum atomic E-state index is 12.9. The molecule has 0 spiro atoms. The fourth-order valence-electron chi connectivity index (χ4n) is 2.66. The molecule has 0 unspecified atom stereocenters. The molecule has 156 valence electrons. The van der Waals surface area contributed by atoms with E-state index in [1.807, 2.05) is 12.1 Å². The van der Waals surface area contributed by atoms with E-state index >= 15 is 0 Å². The van der Waals surface area contributed by atoms with Crippen LogP contribution in [0.1, 0.15) is 41.3 Å². The van der Waals surface area contributed by atoms with Crippen LogP contribution >= 0.6 is 0 Å². The Morgan fingerprint density at radius 3 is 2.14 bits per heavy atom. The van der Waals surface area contributed by atoms with Crippen LogP contribution in [0, 0.1) is 0 Å². The molecule has 0 heterocycles. The van der Waals surface area contributed by atoms with Crippen LogP contribution in [0.25, 0.3) is 6.08 Å². The molecule has 0 amide bonds. The van der Waals surface area contributed by atoms with E-state index in [4.69, 9.17) is 23.7 Å². The number of carbonyl (C=O) groups is 1. The molecule has 0 aliphatic carbocycles.